The van der Waals surface area contributed by atoms with Crippen molar-refractivity contribution in [2.24, 2.45) is 0 Å². The van der Waals surface area contributed by atoms with Crippen LogP contribution in [-0.2, 0) is 6.54 Å². The van der Waals surface area contributed by atoms with Gasteiger partial charge in [-0.25, -0.2) is 4.98 Å². The lowest BCUT2D eigenvalue weighted by Crippen LogP contribution is -2.38. The minimum Gasteiger partial charge on any atom is -0.339 e. The van der Waals surface area contributed by atoms with Crippen LogP contribution >= 0.6 is 11.3 Å². The number of likely N-dealkylation sites (tertiary alicyclic amines) is 1. The van der Waals surface area contributed by atoms with E-state index in [9.17, 15) is 14.4 Å². The molecule has 0 radical (unpaired) electrons. The third-order valence-electron chi connectivity index (χ3n) is 6.84. The fraction of sp³-hybridized carbons (Fsp3) is 0.214. The van der Waals surface area contributed by atoms with Gasteiger partial charge in [0.15, 0.2) is 0 Å². The number of amides is 3. The first-order valence-electron chi connectivity index (χ1n) is 11.8. The number of imide groups is 1. The molecular weight excluding hydrogens is 458 g/mol. The molecule has 0 N–H and O–H groups in total. The van der Waals surface area contributed by atoms with E-state index in [1.54, 1.807) is 29.5 Å². The highest BCUT2D eigenvalue weighted by molar-refractivity contribution is 7.18. The van der Waals surface area contributed by atoms with Gasteiger partial charge in [-0.15, -0.1) is 11.3 Å². The molecule has 3 aromatic carbocycles. The Morgan fingerprint density at radius 3 is 2.37 bits per heavy atom. The summed E-state index contributed by atoms with van der Waals surface area (Å²) in [6.07, 6.45) is 1.72. The summed E-state index contributed by atoms with van der Waals surface area (Å²) in [5.41, 5.74) is 3.03. The van der Waals surface area contributed by atoms with Crippen molar-refractivity contribution in [1.29, 1.82) is 0 Å². The van der Waals surface area contributed by atoms with E-state index in [-0.39, 0.29) is 24.3 Å². The van der Waals surface area contributed by atoms with Crippen molar-refractivity contribution >= 4 is 39.3 Å². The highest BCUT2D eigenvalue weighted by Gasteiger charge is 2.36. The van der Waals surface area contributed by atoms with E-state index in [4.69, 9.17) is 4.98 Å². The molecule has 3 heterocycles. The highest BCUT2D eigenvalue weighted by Crippen LogP contribution is 2.34. The number of piperidine rings is 1. The summed E-state index contributed by atoms with van der Waals surface area (Å²) >= 11 is 1.74. The Labute approximate surface area is 206 Å². The number of hydrogen-bond donors (Lipinski definition) is 0. The largest absolute Gasteiger partial charge is 0.339 e. The number of carbonyl (C=O) groups is 3. The van der Waals surface area contributed by atoms with E-state index in [1.807, 2.05) is 53.4 Å². The fourth-order valence-electron chi connectivity index (χ4n) is 4.91. The number of fused-ring (bicyclic) bond motifs is 2. The van der Waals surface area contributed by atoms with Gasteiger partial charge in [-0.05, 0) is 48.7 Å². The number of hydrogen-bond acceptors (Lipinski definition) is 5. The topological polar surface area (TPSA) is 70.6 Å². The molecular formula is C28H23N3O3S. The molecule has 0 saturated carbocycles. The maximum atomic E-state index is 13.2. The van der Waals surface area contributed by atoms with Crippen LogP contribution in [0.15, 0.2) is 72.8 Å². The molecule has 0 spiro atoms. The standard InChI is InChI=1S/C28H23N3O3S/c32-26(30-14-12-19(13-15-30)25-29-23-8-4-5-9-24(23)35-25)20-10-11-21-22(16-20)28(34)31(27(21)33)17-18-6-2-1-3-7-18/h1-11,16,19H,12-15,17H2. The molecule has 0 atom stereocenters. The summed E-state index contributed by atoms with van der Waals surface area (Å²) in [4.78, 5) is 47.0. The first kappa shape index (κ1) is 21.7. The Morgan fingerprint density at radius 1 is 0.886 bits per heavy atom. The van der Waals surface area contributed by atoms with Gasteiger partial charge < -0.3 is 4.90 Å². The van der Waals surface area contributed by atoms with Crippen LogP contribution in [0.2, 0.25) is 0 Å². The molecule has 6 nitrogen and oxygen atoms in total. The van der Waals surface area contributed by atoms with Crippen molar-refractivity contribution in [2.45, 2.75) is 25.3 Å². The Morgan fingerprint density at radius 2 is 1.60 bits per heavy atom. The first-order chi connectivity index (χ1) is 17.1. The minimum absolute atomic E-state index is 0.0997. The van der Waals surface area contributed by atoms with Crippen LogP contribution in [0.25, 0.3) is 10.2 Å². The lowest BCUT2D eigenvalue weighted by molar-refractivity contribution is 0.0641. The molecule has 0 aliphatic carbocycles. The molecule has 7 heteroatoms. The predicted octanol–water partition coefficient (Wildman–Crippen LogP) is 5.11. The van der Waals surface area contributed by atoms with Gasteiger partial charge in [-0.1, -0.05) is 42.5 Å². The van der Waals surface area contributed by atoms with E-state index >= 15 is 0 Å². The smallest absolute Gasteiger partial charge is 0.261 e. The zero-order valence-corrected chi connectivity index (χ0v) is 19.8. The van der Waals surface area contributed by atoms with Gasteiger partial charge >= 0.3 is 0 Å². The van der Waals surface area contributed by atoms with Crippen molar-refractivity contribution in [3.8, 4) is 0 Å². The molecule has 1 fully saturated rings. The number of nitrogens with zero attached hydrogens (tertiary/aromatic N) is 3. The molecule has 2 aliphatic rings. The summed E-state index contributed by atoms with van der Waals surface area (Å²) in [5.74, 6) is -0.415. The highest BCUT2D eigenvalue weighted by atomic mass is 32.1. The van der Waals surface area contributed by atoms with Gasteiger partial charge in [-0.2, -0.15) is 0 Å². The minimum atomic E-state index is -0.349. The molecule has 1 aromatic heterocycles. The second-order valence-corrected chi connectivity index (χ2v) is 10.1. The number of thiazole rings is 1. The SMILES string of the molecule is O=C(c1ccc2c(c1)C(=O)N(Cc1ccccc1)C2=O)N1CCC(c2nc3ccccc3s2)CC1. The number of benzene rings is 3. The number of para-hydroxylation sites is 1. The lowest BCUT2D eigenvalue weighted by Gasteiger charge is -2.31. The van der Waals surface area contributed by atoms with Crippen LogP contribution in [0.1, 0.15) is 60.4 Å². The average Bonchev–Trinajstić information content (AvgIpc) is 3.44. The van der Waals surface area contributed by atoms with Gasteiger partial charge in [0.05, 0.1) is 32.9 Å². The molecule has 2 aliphatic heterocycles. The average molecular weight is 482 g/mol. The van der Waals surface area contributed by atoms with Crippen LogP contribution < -0.4 is 0 Å². The second kappa shape index (κ2) is 8.74. The van der Waals surface area contributed by atoms with Gasteiger partial charge in [0.2, 0.25) is 0 Å². The summed E-state index contributed by atoms with van der Waals surface area (Å²) in [7, 11) is 0. The maximum absolute atomic E-state index is 13.2. The fourth-order valence-corrected chi connectivity index (χ4v) is 6.05. The van der Waals surface area contributed by atoms with Gasteiger partial charge in [0, 0.05) is 24.6 Å². The molecule has 6 rings (SSSR count). The number of aromatic nitrogens is 1. The second-order valence-electron chi connectivity index (χ2n) is 9.03. The van der Waals surface area contributed by atoms with Crippen molar-refractivity contribution in [3.63, 3.8) is 0 Å². The molecule has 1 saturated heterocycles. The summed E-state index contributed by atoms with van der Waals surface area (Å²) in [6, 6.07) is 22.4. The quantitative estimate of drug-likeness (QED) is 0.380. The van der Waals surface area contributed by atoms with Crippen molar-refractivity contribution in [2.75, 3.05) is 13.1 Å². The Balaban J connectivity index is 1.15. The van der Waals surface area contributed by atoms with E-state index in [2.05, 4.69) is 6.07 Å². The van der Waals surface area contributed by atoms with E-state index in [1.165, 1.54) is 9.60 Å². The van der Waals surface area contributed by atoms with Crippen LogP contribution in [0.3, 0.4) is 0 Å². The molecule has 0 unspecified atom stereocenters. The van der Waals surface area contributed by atoms with Crippen molar-refractivity contribution < 1.29 is 14.4 Å². The number of carbonyl (C=O) groups excluding carboxylic acids is 3. The Hall–Kier alpha value is -3.84. The normalized spacial score (nSPS) is 16.2. The third kappa shape index (κ3) is 3.91. The third-order valence-corrected chi connectivity index (χ3v) is 8.04. The molecule has 174 valence electrons. The van der Waals surface area contributed by atoms with E-state index in [0.717, 1.165) is 28.9 Å². The predicted molar refractivity (Wildman–Crippen MR) is 135 cm³/mol. The van der Waals surface area contributed by atoms with Crippen LogP contribution in [0.4, 0.5) is 0 Å². The molecule has 0 bridgehead atoms. The van der Waals surface area contributed by atoms with Gasteiger partial charge in [0.25, 0.3) is 17.7 Å². The summed E-state index contributed by atoms with van der Waals surface area (Å²) in [5, 5.41) is 1.14. The van der Waals surface area contributed by atoms with Crippen molar-refractivity contribution in [3.05, 3.63) is 100 Å². The monoisotopic (exact) mass is 481 g/mol. The lowest BCUT2D eigenvalue weighted by atomic mass is 9.96. The number of rotatable bonds is 4. The van der Waals surface area contributed by atoms with Gasteiger partial charge in [0.1, 0.15) is 0 Å². The van der Waals surface area contributed by atoms with Crippen LogP contribution in [0.5, 0.6) is 0 Å². The first-order valence-corrected chi connectivity index (χ1v) is 12.6. The molecule has 3 amide bonds. The van der Waals surface area contributed by atoms with Crippen molar-refractivity contribution in [1.82, 2.24) is 14.8 Å². The molecule has 35 heavy (non-hydrogen) atoms. The van der Waals surface area contributed by atoms with Crippen LogP contribution in [0, 0.1) is 0 Å². The maximum Gasteiger partial charge on any atom is 0.261 e. The molecule has 4 aromatic rings. The zero-order valence-electron chi connectivity index (χ0n) is 19.0. The zero-order chi connectivity index (χ0) is 23.9. The van der Waals surface area contributed by atoms with E-state index in [0.29, 0.717) is 35.7 Å². The Bertz CT molecular complexity index is 1420. The van der Waals surface area contributed by atoms with E-state index < -0.39 is 0 Å². The van der Waals surface area contributed by atoms with Crippen LogP contribution in [-0.4, -0.2) is 45.6 Å². The van der Waals surface area contributed by atoms with Gasteiger partial charge in [-0.3, -0.25) is 19.3 Å². The summed E-state index contributed by atoms with van der Waals surface area (Å²) in [6.45, 7) is 1.50. The summed E-state index contributed by atoms with van der Waals surface area (Å²) < 4.78 is 1.19. The Kier molecular flexibility index (Phi) is 5.41.